The molecule has 0 aliphatic carbocycles. The second kappa shape index (κ2) is 9.62. The summed E-state index contributed by atoms with van der Waals surface area (Å²) in [6.45, 7) is 3.36. The van der Waals surface area contributed by atoms with Crippen LogP contribution in [0.15, 0.2) is 48.5 Å². The van der Waals surface area contributed by atoms with Crippen molar-refractivity contribution in [3.63, 3.8) is 0 Å². The third-order valence-electron chi connectivity index (χ3n) is 4.90. The Morgan fingerprint density at radius 1 is 1.07 bits per heavy atom. The molecular formula is C21H25ClN4O3. The molecule has 2 aromatic carbocycles. The first-order chi connectivity index (χ1) is 13.9. The number of nitrogens with zero attached hydrogens (tertiary/aromatic N) is 3. The van der Waals surface area contributed by atoms with Gasteiger partial charge in [-0.05, 0) is 36.4 Å². The molecule has 0 spiro atoms. The van der Waals surface area contributed by atoms with E-state index in [2.05, 4.69) is 15.1 Å². The van der Waals surface area contributed by atoms with Crippen LogP contribution < -0.4 is 10.2 Å². The van der Waals surface area contributed by atoms with Crippen LogP contribution in [-0.2, 0) is 9.59 Å². The van der Waals surface area contributed by atoms with Crippen molar-refractivity contribution < 1.29 is 14.7 Å². The molecule has 29 heavy (non-hydrogen) atoms. The highest BCUT2D eigenvalue weighted by atomic mass is 35.5. The molecule has 1 fully saturated rings. The number of anilines is 2. The number of amides is 2. The van der Waals surface area contributed by atoms with Crippen molar-refractivity contribution in [3.8, 4) is 5.75 Å². The Morgan fingerprint density at radius 3 is 2.38 bits per heavy atom. The Kier molecular flexibility index (Phi) is 6.95. The number of rotatable bonds is 6. The van der Waals surface area contributed by atoms with E-state index < -0.39 is 0 Å². The Bertz CT molecular complexity index is 851. The number of hydrogen-bond donors (Lipinski definition) is 2. The summed E-state index contributed by atoms with van der Waals surface area (Å²) in [6.07, 6.45) is 0. The van der Waals surface area contributed by atoms with Gasteiger partial charge in [0.1, 0.15) is 5.75 Å². The first-order valence-electron chi connectivity index (χ1n) is 9.47. The van der Waals surface area contributed by atoms with E-state index in [4.69, 9.17) is 11.6 Å². The summed E-state index contributed by atoms with van der Waals surface area (Å²) in [5.41, 5.74) is 1.59. The average molecular weight is 417 g/mol. The molecule has 1 heterocycles. The third kappa shape index (κ3) is 5.85. The lowest BCUT2D eigenvalue weighted by molar-refractivity contribution is -0.134. The van der Waals surface area contributed by atoms with Gasteiger partial charge in [0.15, 0.2) is 0 Å². The highest BCUT2D eigenvalue weighted by molar-refractivity contribution is 6.33. The fraction of sp³-hybridized carbons (Fsp3) is 0.333. The van der Waals surface area contributed by atoms with Crippen molar-refractivity contribution in [1.82, 2.24) is 9.80 Å². The lowest BCUT2D eigenvalue weighted by Gasteiger charge is -2.36. The minimum Gasteiger partial charge on any atom is -0.508 e. The summed E-state index contributed by atoms with van der Waals surface area (Å²) >= 11 is 6.04. The van der Waals surface area contributed by atoms with Crippen LogP contribution in [0.1, 0.15) is 0 Å². The van der Waals surface area contributed by atoms with Gasteiger partial charge in [-0.3, -0.25) is 14.5 Å². The average Bonchev–Trinajstić information content (AvgIpc) is 2.71. The summed E-state index contributed by atoms with van der Waals surface area (Å²) < 4.78 is 0. The molecule has 2 N–H and O–H groups in total. The van der Waals surface area contributed by atoms with E-state index in [-0.39, 0.29) is 30.7 Å². The van der Waals surface area contributed by atoms with Crippen LogP contribution in [0.3, 0.4) is 0 Å². The Morgan fingerprint density at radius 2 is 1.72 bits per heavy atom. The smallest absolute Gasteiger partial charge is 0.244 e. The van der Waals surface area contributed by atoms with Gasteiger partial charge in [-0.15, -0.1) is 0 Å². The van der Waals surface area contributed by atoms with Gasteiger partial charge in [-0.2, -0.15) is 0 Å². The van der Waals surface area contributed by atoms with E-state index in [9.17, 15) is 14.7 Å². The molecule has 0 saturated carbocycles. The quantitative estimate of drug-likeness (QED) is 0.755. The Labute approximate surface area is 175 Å². The van der Waals surface area contributed by atoms with Gasteiger partial charge >= 0.3 is 0 Å². The van der Waals surface area contributed by atoms with Crippen LogP contribution >= 0.6 is 11.6 Å². The molecule has 0 radical (unpaired) electrons. The number of carbonyl (C=O) groups is 2. The van der Waals surface area contributed by atoms with Gasteiger partial charge in [0.25, 0.3) is 0 Å². The largest absolute Gasteiger partial charge is 0.508 e. The van der Waals surface area contributed by atoms with E-state index in [1.165, 1.54) is 4.90 Å². The van der Waals surface area contributed by atoms with Crippen molar-refractivity contribution in [2.24, 2.45) is 0 Å². The number of hydrogen-bond acceptors (Lipinski definition) is 5. The van der Waals surface area contributed by atoms with Crippen molar-refractivity contribution >= 4 is 34.8 Å². The number of carbonyl (C=O) groups excluding carboxylic acids is 2. The Balaban J connectivity index is 1.43. The SMILES string of the molecule is CN(CC(=O)Nc1ccccc1Cl)C(=O)CN1CCN(c2ccc(O)cc2)CC1. The predicted octanol–water partition coefficient (Wildman–Crippen LogP) is 2.26. The second-order valence-electron chi connectivity index (χ2n) is 7.06. The normalized spacial score (nSPS) is 14.5. The van der Waals surface area contributed by atoms with E-state index >= 15 is 0 Å². The highest BCUT2D eigenvalue weighted by Gasteiger charge is 2.21. The van der Waals surface area contributed by atoms with Crippen molar-refractivity contribution in [1.29, 1.82) is 0 Å². The highest BCUT2D eigenvalue weighted by Crippen LogP contribution is 2.21. The Hall–Kier alpha value is -2.77. The lowest BCUT2D eigenvalue weighted by atomic mass is 10.2. The summed E-state index contributed by atoms with van der Waals surface area (Å²) in [5.74, 6) is -0.136. The second-order valence-corrected chi connectivity index (χ2v) is 7.46. The van der Waals surface area contributed by atoms with Gasteiger partial charge in [-0.1, -0.05) is 23.7 Å². The summed E-state index contributed by atoms with van der Waals surface area (Å²) in [7, 11) is 1.63. The number of likely N-dealkylation sites (N-methyl/N-ethyl adjacent to an activating group) is 1. The molecule has 7 nitrogen and oxygen atoms in total. The minimum atomic E-state index is -0.286. The van der Waals surface area contributed by atoms with Gasteiger partial charge in [0.05, 0.1) is 23.8 Å². The van der Waals surface area contributed by atoms with Crippen LogP contribution in [0, 0.1) is 0 Å². The van der Waals surface area contributed by atoms with Crippen LogP contribution in [0.5, 0.6) is 5.75 Å². The maximum Gasteiger partial charge on any atom is 0.244 e. The van der Waals surface area contributed by atoms with Crippen molar-refractivity contribution in [2.45, 2.75) is 0 Å². The number of phenols is 1. The summed E-state index contributed by atoms with van der Waals surface area (Å²) in [5, 5.41) is 12.6. The minimum absolute atomic E-state index is 0.0302. The lowest BCUT2D eigenvalue weighted by Crippen LogP contribution is -2.50. The molecule has 1 saturated heterocycles. The molecule has 8 heteroatoms. The number of halogens is 1. The summed E-state index contributed by atoms with van der Waals surface area (Å²) in [4.78, 5) is 30.4. The zero-order valence-corrected chi connectivity index (χ0v) is 17.1. The van der Waals surface area contributed by atoms with Gasteiger partial charge in [-0.25, -0.2) is 0 Å². The topological polar surface area (TPSA) is 76.1 Å². The monoisotopic (exact) mass is 416 g/mol. The third-order valence-corrected chi connectivity index (χ3v) is 5.23. The van der Waals surface area contributed by atoms with E-state index in [1.807, 2.05) is 12.1 Å². The van der Waals surface area contributed by atoms with Crippen LogP contribution in [0.4, 0.5) is 11.4 Å². The number of phenolic OH excluding ortho intramolecular Hbond substituents is 1. The first kappa shape index (κ1) is 21.0. The molecule has 2 amide bonds. The molecule has 0 bridgehead atoms. The molecule has 3 rings (SSSR count). The maximum atomic E-state index is 12.5. The fourth-order valence-electron chi connectivity index (χ4n) is 3.20. The van der Waals surface area contributed by atoms with Crippen LogP contribution in [0.25, 0.3) is 0 Å². The van der Waals surface area contributed by atoms with Crippen LogP contribution in [-0.4, -0.2) is 73.0 Å². The fourth-order valence-corrected chi connectivity index (χ4v) is 3.38. The first-order valence-corrected chi connectivity index (χ1v) is 9.85. The molecule has 1 aliphatic rings. The summed E-state index contributed by atoms with van der Waals surface area (Å²) in [6, 6.07) is 14.1. The molecule has 0 aromatic heterocycles. The molecule has 2 aromatic rings. The van der Waals surface area contributed by atoms with E-state index in [1.54, 1.807) is 43.4 Å². The number of nitrogens with one attached hydrogen (secondary N) is 1. The predicted molar refractivity (Wildman–Crippen MR) is 114 cm³/mol. The zero-order chi connectivity index (χ0) is 20.8. The number of benzene rings is 2. The standard InChI is InChI=1S/C21H25ClN4O3/c1-24(14-20(28)23-19-5-3-2-4-18(19)22)21(29)15-25-10-12-26(13-11-25)16-6-8-17(27)9-7-16/h2-9,27H,10-15H2,1H3,(H,23,28). The molecular weight excluding hydrogens is 392 g/mol. The number of piperazine rings is 1. The molecule has 154 valence electrons. The van der Waals surface area contributed by atoms with Gasteiger partial charge in [0.2, 0.25) is 11.8 Å². The van der Waals surface area contributed by atoms with Crippen molar-refractivity contribution in [3.05, 3.63) is 53.6 Å². The molecule has 0 unspecified atom stereocenters. The van der Waals surface area contributed by atoms with Crippen LogP contribution in [0.2, 0.25) is 5.02 Å². The molecule has 1 aliphatic heterocycles. The number of para-hydroxylation sites is 1. The van der Waals surface area contributed by atoms with E-state index in [0.717, 1.165) is 31.9 Å². The van der Waals surface area contributed by atoms with Crippen molar-refractivity contribution in [2.75, 3.05) is 56.5 Å². The number of aromatic hydroxyl groups is 1. The van der Waals surface area contributed by atoms with Gasteiger partial charge in [0, 0.05) is 38.9 Å². The maximum absolute atomic E-state index is 12.5. The molecule has 0 atom stereocenters. The zero-order valence-electron chi connectivity index (χ0n) is 16.3. The van der Waals surface area contributed by atoms with E-state index in [0.29, 0.717) is 10.7 Å². The van der Waals surface area contributed by atoms with Gasteiger partial charge < -0.3 is 20.2 Å².